The lowest BCUT2D eigenvalue weighted by Crippen LogP contribution is -2.23. The van der Waals surface area contributed by atoms with Crippen molar-refractivity contribution < 1.29 is 17.9 Å². The number of anilines is 1. The first-order chi connectivity index (χ1) is 11.4. The summed E-state index contributed by atoms with van der Waals surface area (Å²) in [6, 6.07) is 7.78. The minimum absolute atomic E-state index is 0.0686. The normalized spacial score (nSPS) is 19.1. The highest BCUT2D eigenvalue weighted by Gasteiger charge is 2.33. The highest BCUT2D eigenvalue weighted by molar-refractivity contribution is 7.91. The van der Waals surface area contributed by atoms with Crippen molar-refractivity contribution in [1.29, 1.82) is 0 Å². The zero-order chi connectivity index (χ0) is 17.2. The summed E-state index contributed by atoms with van der Waals surface area (Å²) in [7, 11) is -1.44. The van der Waals surface area contributed by atoms with Gasteiger partial charge in [0.15, 0.2) is 15.0 Å². The van der Waals surface area contributed by atoms with E-state index in [-0.39, 0.29) is 17.4 Å². The average Bonchev–Trinajstić information content (AvgIpc) is 3.13. The van der Waals surface area contributed by atoms with E-state index in [4.69, 9.17) is 4.74 Å². The zero-order valence-corrected chi connectivity index (χ0v) is 14.8. The topological polar surface area (TPSA) is 85.4 Å². The number of nitrogens with zero attached hydrogens (tertiary/aromatic N) is 1. The minimum atomic E-state index is -3.06. The first-order valence-electron chi connectivity index (χ1n) is 7.54. The number of methoxy groups -OCH3 is 1. The van der Waals surface area contributed by atoms with Gasteiger partial charge in [-0.2, -0.15) is 0 Å². The van der Waals surface area contributed by atoms with Crippen molar-refractivity contribution in [2.24, 2.45) is 5.92 Å². The van der Waals surface area contributed by atoms with E-state index in [1.54, 1.807) is 13.3 Å². The fourth-order valence-corrected chi connectivity index (χ4v) is 5.23. The maximum atomic E-state index is 12.1. The molecule has 0 radical (unpaired) electrons. The van der Waals surface area contributed by atoms with Gasteiger partial charge in [-0.15, -0.1) is 11.3 Å². The molecule has 1 saturated heterocycles. The Morgan fingerprint density at radius 1 is 1.46 bits per heavy atom. The van der Waals surface area contributed by atoms with Crippen LogP contribution in [0.2, 0.25) is 0 Å². The molecule has 1 aliphatic rings. The van der Waals surface area contributed by atoms with Crippen LogP contribution in [-0.2, 0) is 21.1 Å². The standard InChI is InChI=1S/C16H18N2O4S2/c1-22-13-4-2-3-11(7-13)8-14-9-17-16(23-14)18-15(19)12-5-6-24(20,21)10-12/h2-4,7,9,12H,5-6,8,10H2,1H3,(H,17,18,19). The van der Waals surface area contributed by atoms with Crippen LogP contribution < -0.4 is 10.1 Å². The van der Waals surface area contributed by atoms with Crippen LogP contribution in [0.3, 0.4) is 0 Å². The van der Waals surface area contributed by atoms with Crippen LogP contribution in [0.5, 0.6) is 5.75 Å². The number of thiazole rings is 1. The molecule has 2 aromatic rings. The van der Waals surface area contributed by atoms with Crippen molar-refractivity contribution in [2.45, 2.75) is 12.8 Å². The second-order valence-corrected chi connectivity index (χ2v) is 9.09. The Hall–Kier alpha value is -1.93. The first kappa shape index (κ1) is 16.9. The predicted octanol–water partition coefficient (Wildman–Crippen LogP) is 2.12. The lowest BCUT2D eigenvalue weighted by molar-refractivity contribution is -0.119. The fraction of sp³-hybridized carbons (Fsp3) is 0.375. The maximum absolute atomic E-state index is 12.1. The van der Waals surface area contributed by atoms with E-state index in [0.717, 1.165) is 16.2 Å². The summed E-state index contributed by atoms with van der Waals surface area (Å²) in [6.07, 6.45) is 2.81. The Kier molecular flexibility index (Phi) is 4.86. The number of carbonyl (C=O) groups is 1. The number of benzene rings is 1. The molecule has 0 aliphatic carbocycles. The van der Waals surface area contributed by atoms with Crippen LogP contribution >= 0.6 is 11.3 Å². The summed E-state index contributed by atoms with van der Waals surface area (Å²) in [5.41, 5.74) is 1.10. The molecule has 1 aliphatic heterocycles. The van der Waals surface area contributed by atoms with E-state index in [1.807, 2.05) is 24.3 Å². The molecule has 2 heterocycles. The highest BCUT2D eigenvalue weighted by Crippen LogP contribution is 2.25. The monoisotopic (exact) mass is 366 g/mol. The number of rotatable bonds is 5. The second-order valence-electron chi connectivity index (χ2n) is 5.75. The van der Waals surface area contributed by atoms with Crippen LogP contribution in [0.4, 0.5) is 5.13 Å². The molecule has 0 saturated carbocycles. The molecule has 0 spiro atoms. The molecule has 3 rings (SSSR count). The molecule has 6 nitrogen and oxygen atoms in total. The van der Waals surface area contributed by atoms with Gasteiger partial charge in [-0.1, -0.05) is 12.1 Å². The Labute approximate surface area is 144 Å². The molecule has 1 aromatic heterocycles. The summed E-state index contributed by atoms with van der Waals surface area (Å²) in [6.45, 7) is 0. The molecule has 24 heavy (non-hydrogen) atoms. The van der Waals surface area contributed by atoms with Crippen molar-refractivity contribution in [1.82, 2.24) is 4.98 Å². The molecule has 1 amide bonds. The highest BCUT2D eigenvalue weighted by atomic mass is 32.2. The summed E-state index contributed by atoms with van der Waals surface area (Å²) >= 11 is 1.39. The van der Waals surface area contributed by atoms with Crippen molar-refractivity contribution in [3.63, 3.8) is 0 Å². The number of carbonyl (C=O) groups excluding carboxylic acids is 1. The van der Waals surface area contributed by atoms with Crippen molar-refractivity contribution in [3.8, 4) is 5.75 Å². The number of hydrogen-bond donors (Lipinski definition) is 1. The molecule has 128 valence electrons. The quantitative estimate of drug-likeness (QED) is 0.876. The van der Waals surface area contributed by atoms with Gasteiger partial charge in [0.1, 0.15) is 5.75 Å². The Balaban J connectivity index is 1.62. The van der Waals surface area contributed by atoms with Gasteiger partial charge in [0.2, 0.25) is 5.91 Å². The van der Waals surface area contributed by atoms with Gasteiger partial charge in [-0.3, -0.25) is 4.79 Å². The Morgan fingerprint density at radius 2 is 2.29 bits per heavy atom. The molecule has 1 fully saturated rings. The SMILES string of the molecule is COc1cccc(Cc2cnc(NC(=O)C3CCS(=O)(=O)C3)s2)c1. The smallest absolute Gasteiger partial charge is 0.230 e. The maximum Gasteiger partial charge on any atom is 0.230 e. The Morgan fingerprint density at radius 3 is 3.00 bits per heavy atom. The third kappa shape index (κ3) is 4.12. The van der Waals surface area contributed by atoms with E-state index in [2.05, 4.69) is 10.3 Å². The number of amides is 1. The van der Waals surface area contributed by atoms with Gasteiger partial charge in [0, 0.05) is 17.5 Å². The van der Waals surface area contributed by atoms with Crippen LogP contribution in [0.15, 0.2) is 30.5 Å². The van der Waals surface area contributed by atoms with E-state index in [1.165, 1.54) is 11.3 Å². The largest absolute Gasteiger partial charge is 0.497 e. The van der Waals surface area contributed by atoms with Gasteiger partial charge in [-0.25, -0.2) is 13.4 Å². The van der Waals surface area contributed by atoms with Gasteiger partial charge < -0.3 is 10.1 Å². The molecule has 1 unspecified atom stereocenters. The van der Waals surface area contributed by atoms with Crippen LogP contribution in [-0.4, -0.2) is 37.9 Å². The van der Waals surface area contributed by atoms with E-state index in [0.29, 0.717) is 18.0 Å². The van der Waals surface area contributed by atoms with Crippen LogP contribution in [0, 0.1) is 5.92 Å². The van der Waals surface area contributed by atoms with E-state index < -0.39 is 15.8 Å². The molecule has 1 atom stereocenters. The lowest BCUT2D eigenvalue weighted by atomic mass is 10.1. The molecule has 8 heteroatoms. The number of ether oxygens (including phenoxy) is 1. The van der Waals surface area contributed by atoms with Crippen molar-refractivity contribution >= 4 is 32.2 Å². The van der Waals surface area contributed by atoms with E-state index >= 15 is 0 Å². The number of nitrogens with one attached hydrogen (secondary N) is 1. The fourth-order valence-electron chi connectivity index (χ4n) is 2.64. The van der Waals surface area contributed by atoms with Crippen LogP contribution in [0.1, 0.15) is 16.9 Å². The second kappa shape index (κ2) is 6.90. The molecule has 1 N–H and O–H groups in total. The number of hydrogen-bond acceptors (Lipinski definition) is 6. The number of aromatic nitrogens is 1. The van der Waals surface area contributed by atoms with E-state index in [9.17, 15) is 13.2 Å². The van der Waals surface area contributed by atoms with Gasteiger partial charge in [0.05, 0.1) is 24.5 Å². The zero-order valence-electron chi connectivity index (χ0n) is 13.2. The minimum Gasteiger partial charge on any atom is -0.497 e. The average molecular weight is 366 g/mol. The summed E-state index contributed by atoms with van der Waals surface area (Å²) < 4.78 is 28.1. The van der Waals surface area contributed by atoms with Gasteiger partial charge in [-0.05, 0) is 24.1 Å². The summed E-state index contributed by atoms with van der Waals surface area (Å²) in [5.74, 6) is 0.0809. The number of sulfone groups is 1. The summed E-state index contributed by atoms with van der Waals surface area (Å²) in [4.78, 5) is 17.3. The van der Waals surface area contributed by atoms with Gasteiger partial charge in [0.25, 0.3) is 0 Å². The molecule has 0 bridgehead atoms. The molecular weight excluding hydrogens is 348 g/mol. The third-order valence-corrected chi connectivity index (χ3v) is 6.58. The molecule has 1 aromatic carbocycles. The first-order valence-corrected chi connectivity index (χ1v) is 10.2. The van der Waals surface area contributed by atoms with Crippen LogP contribution in [0.25, 0.3) is 0 Å². The third-order valence-electron chi connectivity index (χ3n) is 3.90. The predicted molar refractivity (Wildman–Crippen MR) is 93.3 cm³/mol. The molecular formula is C16H18N2O4S2. The van der Waals surface area contributed by atoms with Gasteiger partial charge >= 0.3 is 0 Å². The van der Waals surface area contributed by atoms with Crippen molar-refractivity contribution in [3.05, 3.63) is 40.9 Å². The Bertz CT molecular complexity index is 845. The summed E-state index contributed by atoms with van der Waals surface area (Å²) in [5, 5.41) is 3.23. The lowest BCUT2D eigenvalue weighted by Gasteiger charge is -2.06. The van der Waals surface area contributed by atoms with Crippen molar-refractivity contribution in [2.75, 3.05) is 23.9 Å².